The molecule has 2 aliphatic heterocycles. The molecule has 0 radical (unpaired) electrons. The Kier molecular flexibility index (Phi) is 5.25. The molecular weight excluding hydrogens is 351 g/mol. The van der Waals surface area contributed by atoms with E-state index in [0.29, 0.717) is 11.3 Å². The van der Waals surface area contributed by atoms with Crippen LogP contribution < -0.4 is 0 Å². The van der Waals surface area contributed by atoms with Gasteiger partial charge in [0.2, 0.25) is 0 Å². The topological polar surface area (TPSA) is 6.48 Å². The van der Waals surface area contributed by atoms with Crippen molar-refractivity contribution in [2.75, 3.05) is 32.4 Å². The highest BCUT2D eigenvalue weighted by Crippen LogP contribution is 2.30. The zero-order valence-electron chi connectivity index (χ0n) is 12.4. The lowest BCUT2D eigenvalue weighted by Crippen LogP contribution is -2.40. The van der Waals surface area contributed by atoms with Crippen molar-refractivity contribution in [1.29, 1.82) is 0 Å². The fourth-order valence-electron chi connectivity index (χ4n) is 3.52. The average molecular weight is 373 g/mol. The molecule has 0 aromatic heterocycles. The first kappa shape index (κ1) is 15.8. The average Bonchev–Trinajstić information content (AvgIpc) is 3.11. The van der Waals surface area contributed by atoms with Crippen LogP contribution in [0.5, 0.6) is 0 Å². The van der Waals surface area contributed by atoms with Crippen LogP contribution in [0.4, 0.5) is 4.39 Å². The summed E-state index contributed by atoms with van der Waals surface area (Å²) in [4.78, 5) is 5.13. The van der Waals surface area contributed by atoms with Crippen LogP contribution >= 0.6 is 27.7 Å². The first-order chi connectivity index (χ1) is 10.2. The molecule has 2 aliphatic rings. The first-order valence-corrected chi connectivity index (χ1v) is 9.68. The van der Waals surface area contributed by atoms with E-state index in [4.69, 9.17) is 0 Å². The maximum Gasteiger partial charge on any atom is 0.123 e. The Morgan fingerprint density at radius 2 is 2.05 bits per heavy atom. The van der Waals surface area contributed by atoms with Crippen molar-refractivity contribution in [3.63, 3.8) is 0 Å². The summed E-state index contributed by atoms with van der Waals surface area (Å²) >= 11 is 5.52. The summed E-state index contributed by atoms with van der Waals surface area (Å²) in [5.74, 6) is -0.148. The lowest BCUT2D eigenvalue weighted by molar-refractivity contribution is 0.231. The van der Waals surface area contributed by atoms with Crippen molar-refractivity contribution >= 4 is 27.7 Å². The van der Waals surface area contributed by atoms with Gasteiger partial charge in [-0.15, -0.1) is 0 Å². The Morgan fingerprint density at radius 1 is 1.29 bits per heavy atom. The molecule has 2 heterocycles. The first-order valence-electron chi connectivity index (χ1n) is 7.60. The van der Waals surface area contributed by atoms with Crippen molar-refractivity contribution in [1.82, 2.24) is 9.80 Å². The third kappa shape index (κ3) is 3.63. The molecule has 2 nitrogen and oxygen atoms in total. The van der Waals surface area contributed by atoms with Gasteiger partial charge in [0, 0.05) is 35.4 Å². The highest BCUT2D eigenvalue weighted by molar-refractivity contribution is 9.10. The lowest BCUT2D eigenvalue weighted by atomic mass is 10.2. The van der Waals surface area contributed by atoms with Crippen molar-refractivity contribution in [3.05, 3.63) is 34.1 Å². The van der Waals surface area contributed by atoms with Crippen LogP contribution in [-0.4, -0.2) is 53.5 Å². The highest BCUT2D eigenvalue weighted by Gasteiger charge is 2.37. The van der Waals surface area contributed by atoms with Crippen LogP contribution in [0.1, 0.15) is 18.4 Å². The number of hydrogen-bond acceptors (Lipinski definition) is 3. The van der Waals surface area contributed by atoms with Crippen LogP contribution in [0.15, 0.2) is 22.7 Å². The predicted molar refractivity (Wildman–Crippen MR) is 91.3 cm³/mol. The largest absolute Gasteiger partial charge is 0.298 e. The molecule has 2 fully saturated rings. The minimum absolute atomic E-state index is 0.148. The molecule has 2 atom stereocenters. The molecule has 0 spiro atoms. The van der Waals surface area contributed by atoms with E-state index in [9.17, 15) is 4.39 Å². The van der Waals surface area contributed by atoms with Crippen molar-refractivity contribution in [2.24, 2.45) is 0 Å². The second-order valence-corrected chi connectivity index (χ2v) is 7.95. The Morgan fingerprint density at radius 3 is 2.76 bits per heavy atom. The summed E-state index contributed by atoms with van der Waals surface area (Å²) in [7, 11) is 0. The monoisotopic (exact) mass is 372 g/mol. The van der Waals surface area contributed by atoms with Gasteiger partial charge in [-0.3, -0.25) is 9.80 Å². The predicted octanol–water partition coefficient (Wildman–Crippen LogP) is 3.60. The second-order valence-electron chi connectivity index (χ2n) is 6.01. The van der Waals surface area contributed by atoms with Gasteiger partial charge < -0.3 is 0 Å². The number of rotatable bonds is 4. The smallest absolute Gasteiger partial charge is 0.123 e. The Labute approximate surface area is 139 Å². The molecule has 0 N–H and O–H groups in total. The molecule has 0 saturated carbocycles. The second kappa shape index (κ2) is 6.99. The minimum atomic E-state index is -0.148. The zero-order valence-corrected chi connectivity index (χ0v) is 14.8. The van der Waals surface area contributed by atoms with Gasteiger partial charge in [0.05, 0.1) is 0 Å². The van der Waals surface area contributed by atoms with E-state index in [1.807, 2.05) is 17.8 Å². The highest BCUT2D eigenvalue weighted by atomic mass is 79.9. The summed E-state index contributed by atoms with van der Waals surface area (Å²) in [5, 5.41) is 0.676. The minimum Gasteiger partial charge on any atom is -0.298 e. The van der Waals surface area contributed by atoms with Gasteiger partial charge in [-0.05, 0) is 55.9 Å². The lowest BCUT2D eigenvalue weighted by Gasteiger charge is -2.27. The summed E-state index contributed by atoms with van der Waals surface area (Å²) in [6.07, 6.45) is 4.90. The van der Waals surface area contributed by atoms with Gasteiger partial charge in [0.15, 0.2) is 0 Å². The Hall–Kier alpha value is -0.100. The van der Waals surface area contributed by atoms with E-state index in [-0.39, 0.29) is 5.82 Å². The van der Waals surface area contributed by atoms with E-state index >= 15 is 0 Å². The molecular formula is C16H22BrFN2S. The van der Waals surface area contributed by atoms with Crippen molar-refractivity contribution in [3.8, 4) is 0 Å². The normalized spacial score (nSPS) is 27.6. The number of benzene rings is 1. The Bertz CT molecular complexity index is 493. The Balaban J connectivity index is 1.68. The summed E-state index contributed by atoms with van der Waals surface area (Å²) in [5.41, 5.74) is 1.05. The molecule has 3 rings (SSSR count). The van der Waals surface area contributed by atoms with Crippen LogP contribution in [0.25, 0.3) is 0 Å². The van der Waals surface area contributed by atoms with Gasteiger partial charge in [-0.1, -0.05) is 15.9 Å². The van der Waals surface area contributed by atoms with Gasteiger partial charge in [-0.2, -0.15) is 11.8 Å². The van der Waals surface area contributed by atoms with Crippen LogP contribution in [-0.2, 0) is 6.54 Å². The maximum atomic E-state index is 13.4. The SMILES string of the molecule is CSC1CN(Cc2cc(F)ccc2Br)CC1N1CCCC1. The van der Waals surface area contributed by atoms with E-state index in [0.717, 1.165) is 29.7 Å². The van der Waals surface area contributed by atoms with E-state index < -0.39 is 0 Å². The maximum absolute atomic E-state index is 13.4. The van der Waals surface area contributed by atoms with Gasteiger partial charge in [0.1, 0.15) is 5.82 Å². The summed E-state index contributed by atoms with van der Waals surface area (Å²) in [6.45, 7) is 5.54. The van der Waals surface area contributed by atoms with Crippen LogP contribution in [0, 0.1) is 5.82 Å². The van der Waals surface area contributed by atoms with E-state index in [1.54, 1.807) is 6.07 Å². The zero-order chi connectivity index (χ0) is 14.8. The van der Waals surface area contributed by atoms with E-state index in [2.05, 4.69) is 32.0 Å². The molecule has 0 aliphatic carbocycles. The quantitative estimate of drug-likeness (QED) is 0.796. The third-order valence-corrected chi connectivity index (χ3v) is 6.47. The number of hydrogen-bond donors (Lipinski definition) is 0. The fourth-order valence-corrected chi connectivity index (χ4v) is 4.83. The molecule has 21 heavy (non-hydrogen) atoms. The molecule has 0 amide bonds. The van der Waals surface area contributed by atoms with Gasteiger partial charge in [-0.25, -0.2) is 4.39 Å². The molecule has 1 aromatic rings. The number of likely N-dealkylation sites (tertiary alicyclic amines) is 2. The number of nitrogens with zero attached hydrogens (tertiary/aromatic N) is 2. The van der Waals surface area contributed by atoms with E-state index in [1.165, 1.54) is 32.0 Å². The standard InChI is InChI=1S/C16H22BrFN2S/c1-21-16-11-19(10-15(16)20-6-2-3-7-20)9-12-8-13(18)4-5-14(12)17/h4-5,8,15-16H,2-3,6-7,9-11H2,1H3. The van der Waals surface area contributed by atoms with Gasteiger partial charge in [0.25, 0.3) is 0 Å². The molecule has 2 unspecified atom stereocenters. The molecule has 0 bridgehead atoms. The van der Waals surface area contributed by atoms with Crippen molar-refractivity contribution < 1.29 is 4.39 Å². The molecule has 116 valence electrons. The van der Waals surface area contributed by atoms with Crippen LogP contribution in [0.3, 0.4) is 0 Å². The fraction of sp³-hybridized carbons (Fsp3) is 0.625. The molecule has 1 aromatic carbocycles. The summed E-state index contributed by atoms with van der Waals surface area (Å²) in [6, 6.07) is 5.64. The number of halogens is 2. The molecule has 2 saturated heterocycles. The third-order valence-electron chi connectivity index (χ3n) is 4.63. The van der Waals surface area contributed by atoms with Crippen molar-refractivity contribution in [2.45, 2.75) is 30.7 Å². The van der Waals surface area contributed by atoms with Crippen LogP contribution in [0.2, 0.25) is 0 Å². The number of thioether (sulfide) groups is 1. The van der Waals surface area contributed by atoms with Gasteiger partial charge >= 0.3 is 0 Å². The summed E-state index contributed by atoms with van der Waals surface area (Å²) < 4.78 is 14.4. The molecule has 5 heteroatoms.